The Hall–Kier alpha value is -2.23. The Morgan fingerprint density at radius 2 is 1.56 bits per heavy atom. The topological polar surface area (TPSA) is 43.1 Å². The average Bonchev–Trinajstić information content (AvgIpc) is 2.64. The molecule has 0 spiro atoms. The van der Waals surface area contributed by atoms with E-state index in [-0.39, 0.29) is 11.0 Å². The van der Waals surface area contributed by atoms with E-state index >= 15 is 0 Å². The number of halogens is 1. The maximum Gasteiger partial charge on any atom is 0.164 e. The van der Waals surface area contributed by atoms with Gasteiger partial charge in [-0.25, -0.2) is 0 Å². The third-order valence-electron chi connectivity index (χ3n) is 3.90. The standard InChI is InChI=1S/C21H18ClNOS/c22-17-12-10-15(11-13-17)19(24)14-21(16-6-2-1-3-7-16)25-20-9-5-4-8-18(20)23/h1-13,21H,14,23H2/t21-/m0/s1. The quantitative estimate of drug-likeness (QED) is 0.328. The second kappa shape index (κ2) is 8.24. The van der Waals surface area contributed by atoms with Gasteiger partial charge in [-0.1, -0.05) is 54.1 Å². The maximum atomic E-state index is 12.7. The van der Waals surface area contributed by atoms with Crippen LogP contribution in [0.5, 0.6) is 0 Å². The highest BCUT2D eigenvalue weighted by molar-refractivity contribution is 7.99. The molecule has 0 aliphatic heterocycles. The molecular weight excluding hydrogens is 350 g/mol. The summed E-state index contributed by atoms with van der Waals surface area (Å²) in [5.74, 6) is 0.0903. The first-order chi connectivity index (χ1) is 12.1. The number of rotatable bonds is 6. The highest BCUT2D eigenvalue weighted by Gasteiger charge is 2.19. The van der Waals surface area contributed by atoms with Crippen molar-refractivity contribution >= 4 is 34.8 Å². The van der Waals surface area contributed by atoms with E-state index in [0.717, 1.165) is 16.1 Å². The van der Waals surface area contributed by atoms with Crippen LogP contribution in [0, 0.1) is 0 Å². The Labute approximate surface area is 157 Å². The average molecular weight is 368 g/mol. The molecule has 0 radical (unpaired) electrons. The number of carbonyl (C=O) groups excluding carboxylic acids is 1. The lowest BCUT2D eigenvalue weighted by molar-refractivity contribution is 0.0982. The van der Waals surface area contributed by atoms with Gasteiger partial charge in [0.15, 0.2) is 5.78 Å². The van der Waals surface area contributed by atoms with E-state index in [1.165, 1.54) is 0 Å². The van der Waals surface area contributed by atoms with Crippen molar-refractivity contribution in [2.24, 2.45) is 0 Å². The van der Waals surface area contributed by atoms with Gasteiger partial charge in [-0.2, -0.15) is 0 Å². The molecule has 3 rings (SSSR count). The smallest absolute Gasteiger partial charge is 0.164 e. The molecule has 2 nitrogen and oxygen atoms in total. The number of para-hydroxylation sites is 1. The summed E-state index contributed by atoms with van der Waals surface area (Å²) < 4.78 is 0. The van der Waals surface area contributed by atoms with Gasteiger partial charge in [0.05, 0.1) is 0 Å². The van der Waals surface area contributed by atoms with Crippen LogP contribution in [0.2, 0.25) is 5.02 Å². The molecule has 0 heterocycles. The lowest BCUT2D eigenvalue weighted by Crippen LogP contribution is -2.06. The molecule has 25 heavy (non-hydrogen) atoms. The molecular formula is C21H18ClNOS. The molecule has 4 heteroatoms. The number of anilines is 1. The Bertz CT molecular complexity index is 849. The van der Waals surface area contributed by atoms with E-state index in [9.17, 15) is 4.79 Å². The molecule has 0 bridgehead atoms. The van der Waals surface area contributed by atoms with E-state index in [2.05, 4.69) is 0 Å². The molecule has 0 aliphatic carbocycles. The fraction of sp³-hybridized carbons (Fsp3) is 0.0952. The Morgan fingerprint density at radius 3 is 2.24 bits per heavy atom. The van der Waals surface area contributed by atoms with Gasteiger partial charge in [0.2, 0.25) is 0 Å². The van der Waals surface area contributed by atoms with Crippen LogP contribution < -0.4 is 5.73 Å². The van der Waals surface area contributed by atoms with Gasteiger partial charge in [-0.05, 0) is 42.0 Å². The van der Waals surface area contributed by atoms with Crippen molar-refractivity contribution in [2.45, 2.75) is 16.6 Å². The molecule has 126 valence electrons. The first-order valence-electron chi connectivity index (χ1n) is 7.98. The summed E-state index contributed by atoms with van der Waals surface area (Å²) in [6.45, 7) is 0. The first kappa shape index (κ1) is 17.6. The molecule has 0 aliphatic rings. The molecule has 1 atom stereocenters. The van der Waals surface area contributed by atoms with Gasteiger partial charge in [0.1, 0.15) is 0 Å². The normalized spacial score (nSPS) is 11.9. The number of nitrogen functional groups attached to an aromatic ring is 1. The largest absolute Gasteiger partial charge is 0.398 e. The number of thioether (sulfide) groups is 1. The number of benzene rings is 3. The van der Waals surface area contributed by atoms with Crippen LogP contribution >= 0.6 is 23.4 Å². The second-order valence-corrected chi connectivity index (χ2v) is 7.37. The molecule has 0 unspecified atom stereocenters. The Kier molecular flexibility index (Phi) is 5.79. The third-order valence-corrected chi connectivity index (χ3v) is 5.50. The number of Topliss-reactive ketones (excluding diaryl/α,β-unsaturated/α-hetero) is 1. The molecule has 0 saturated heterocycles. The van der Waals surface area contributed by atoms with Crippen molar-refractivity contribution in [1.29, 1.82) is 0 Å². The van der Waals surface area contributed by atoms with Crippen LogP contribution in [0.25, 0.3) is 0 Å². The number of ketones is 1. The minimum absolute atomic E-state index is 0.00548. The Morgan fingerprint density at radius 1 is 0.920 bits per heavy atom. The zero-order valence-corrected chi connectivity index (χ0v) is 15.1. The fourth-order valence-corrected chi connectivity index (χ4v) is 3.88. The minimum atomic E-state index is -0.00548. The van der Waals surface area contributed by atoms with Crippen molar-refractivity contribution in [1.82, 2.24) is 0 Å². The monoisotopic (exact) mass is 367 g/mol. The van der Waals surface area contributed by atoms with Crippen molar-refractivity contribution in [2.75, 3.05) is 5.73 Å². The van der Waals surface area contributed by atoms with Crippen LogP contribution in [0.15, 0.2) is 83.8 Å². The van der Waals surface area contributed by atoms with Crippen LogP contribution in [0.4, 0.5) is 5.69 Å². The molecule has 0 amide bonds. The summed E-state index contributed by atoms with van der Waals surface area (Å²) in [7, 11) is 0. The molecule has 3 aromatic carbocycles. The third kappa shape index (κ3) is 4.65. The van der Waals surface area contributed by atoms with E-state index in [0.29, 0.717) is 17.0 Å². The summed E-state index contributed by atoms with van der Waals surface area (Å²) in [5, 5.41) is 0.622. The summed E-state index contributed by atoms with van der Waals surface area (Å²) in [6.07, 6.45) is 0.393. The van der Waals surface area contributed by atoms with Crippen molar-refractivity contribution < 1.29 is 4.79 Å². The molecule has 3 aromatic rings. The second-order valence-electron chi connectivity index (χ2n) is 5.69. The van der Waals surface area contributed by atoms with Gasteiger partial charge < -0.3 is 5.73 Å². The molecule has 0 aromatic heterocycles. The predicted molar refractivity (Wildman–Crippen MR) is 106 cm³/mol. The highest BCUT2D eigenvalue weighted by atomic mass is 35.5. The molecule has 2 N–H and O–H groups in total. The van der Waals surface area contributed by atoms with Crippen LogP contribution in [0.1, 0.15) is 27.6 Å². The number of hydrogen-bond acceptors (Lipinski definition) is 3. The van der Waals surface area contributed by atoms with E-state index in [4.69, 9.17) is 17.3 Å². The van der Waals surface area contributed by atoms with Crippen LogP contribution in [-0.2, 0) is 0 Å². The maximum absolute atomic E-state index is 12.7. The lowest BCUT2D eigenvalue weighted by Gasteiger charge is -2.17. The van der Waals surface area contributed by atoms with Crippen LogP contribution in [0.3, 0.4) is 0 Å². The van der Waals surface area contributed by atoms with Crippen molar-refractivity contribution in [3.63, 3.8) is 0 Å². The van der Waals surface area contributed by atoms with E-state index in [1.54, 1.807) is 36.0 Å². The van der Waals surface area contributed by atoms with Crippen molar-refractivity contribution in [3.8, 4) is 0 Å². The minimum Gasteiger partial charge on any atom is -0.398 e. The lowest BCUT2D eigenvalue weighted by atomic mass is 10.0. The van der Waals surface area contributed by atoms with E-state index < -0.39 is 0 Å². The highest BCUT2D eigenvalue weighted by Crippen LogP contribution is 2.40. The number of hydrogen-bond donors (Lipinski definition) is 1. The van der Waals surface area contributed by atoms with Crippen molar-refractivity contribution in [3.05, 3.63) is 95.0 Å². The summed E-state index contributed by atoms with van der Waals surface area (Å²) >= 11 is 7.54. The van der Waals surface area contributed by atoms with Gasteiger partial charge in [0.25, 0.3) is 0 Å². The van der Waals surface area contributed by atoms with Crippen LogP contribution in [-0.4, -0.2) is 5.78 Å². The van der Waals surface area contributed by atoms with E-state index in [1.807, 2.05) is 54.6 Å². The molecule has 0 fully saturated rings. The first-order valence-corrected chi connectivity index (χ1v) is 9.24. The number of nitrogens with two attached hydrogens (primary N) is 1. The summed E-state index contributed by atoms with van der Waals surface area (Å²) in [6, 6.07) is 24.8. The number of carbonyl (C=O) groups is 1. The zero-order chi connectivity index (χ0) is 17.6. The van der Waals surface area contributed by atoms with Gasteiger partial charge in [0, 0.05) is 32.8 Å². The zero-order valence-electron chi connectivity index (χ0n) is 13.6. The fourth-order valence-electron chi connectivity index (χ4n) is 2.56. The van der Waals surface area contributed by atoms with Gasteiger partial charge >= 0.3 is 0 Å². The molecule has 0 saturated carbocycles. The Balaban J connectivity index is 1.85. The predicted octanol–water partition coefficient (Wildman–Crippen LogP) is 6.03. The van der Waals surface area contributed by atoms with Gasteiger partial charge in [-0.3, -0.25) is 4.79 Å². The van der Waals surface area contributed by atoms with Gasteiger partial charge in [-0.15, -0.1) is 11.8 Å². The summed E-state index contributed by atoms with van der Waals surface area (Å²) in [5.41, 5.74) is 8.60. The SMILES string of the molecule is Nc1ccccc1S[C@@H](CC(=O)c1ccc(Cl)cc1)c1ccccc1. The summed E-state index contributed by atoms with van der Waals surface area (Å²) in [4.78, 5) is 13.7.